The minimum absolute atomic E-state index is 0.218. The third-order valence-corrected chi connectivity index (χ3v) is 5.59. The molecule has 0 atom stereocenters. The van der Waals surface area contributed by atoms with E-state index < -0.39 is 0 Å². The molecule has 0 spiro atoms. The van der Waals surface area contributed by atoms with Crippen molar-refractivity contribution in [1.29, 1.82) is 0 Å². The van der Waals surface area contributed by atoms with Gasteiger partial charge in [-0.2, -0.15) is 0 Å². The predicted octanol–water partition coefficient (Wildman–Crippen LogP) is 3.99. The molecule has 0 bridgehead atoms. The lowest BCUT2D eigenvalue weighted by Gasteiger charge is -2.19. The molecule has 0 aromatic heterocycles. The van der Waals surface area contributed by atoms with Crippen LogP contribution < -0.4 is 9.47 Å². The summed E-state index contributed by atoms with van der Waals surface area (Å²) in [6.45, 7) is 6.19. The van der Waals surface area contributed by atoms with E-state index in [1.165, 1.54) is 6.08 Å². The summed E-state index contributed by atoms with van der Waals surface area (Å²) < 4.78 is 16.7. The van der Waals surface area contributed by atoms with Crippen molar-refractivity contribution < 1.29 is 23.8 Å². The van der Waals surface area contributed by atoms with Gasteiger partial charge in [-0.3, -0.25) is 4.79 Å². The molecule has 25 heavy (non-hydrogen) atoms. The van der Waals surface area contributed by atoms with Crippen LogP contribution in [0.3, 0.4) is 0 Å². The minimum Gasteiger partial charge on any atom is -0.496 e. The van der Waals surface area contributed by atoms with E-state index in [0.717, 1.165) is 28.7 Å². The number of carbonyl (C=O) groups excluding carboxylic acids is 2. The van der Waals surface area contributed by atoms with Gasteiger partial charge in [-0.25, -0.2) is 4.79 Å². The van der Waals surface area contributed by atoms with E-state index in [4.69, 9.17) is 14.2 Å². The summed E-state index contributed by atoms with van der Waals surface area (Å²) in [5, 5.41) is 0. The van der Waals surface area contributed by atoms with Gasteiger partial charge in [0, 0.05) is 22.5 Å². The summed E-state index contributed by atoms with van der Waals surface area (Å²) in [5.41, 5.74) is 3.32. The van der Waals surface area contributed by atoms with Crippen molar-refractivity contribution in [2.45, 2.75) is 20.0 Å². The quantitative estimate of drug-likeness (QED) is 0.135. The molecule has 0 N–H and O–H groups in total. The first-order chi connectivity index (χ1) is 12.1. The average Bonchev–Trinajstić information content (AvgIpc) is 3.00. The summed E-state index contributed by atoms with van der Waals surface area (Å²) in [7, 11) is 3.21. The third kappa shape index (κ3) is 4.20. The van der Waals surface area contributed by atoms with Crippen LogP contribution in [0.25, 0.3) is 0 Å². The molecule has 0 aliphatic carbocycles. The Morgan fingerprint density at radius 1 is 1.44 bits per heavy atom. The normalized spacial score (nSPS) is 13.2. The molecule has 2 rings (SSSR count). The third-order valence-electron chi connectivity index (χ3n) is 3.95. The van der Waals surface area contributed by atoms with E-state index in [9.17, 15) is 9.59 Å². The Morgan fingerprint density at radius 2 is 2.20 bits per heavy atom. The zero-order valence-corrected chi connectivity index (χ0v) is 17.1. The maximum atomic E-state index is 12.2. The first kappa shape index (κ1) is 19.8. The average molecular weight is 474 g/mol. The number of hydrogen-bond donors (Lipinski definition) is 0. The number of methoxy groups -OCH3 is 1. The highest BCUT2D eigenvalue weighted by molar-refractivity contribution is 14.2. The fourth-order valence-electron chi connectivity index (χ4n) is 2.74. The number of fused-ring (bicyclic) bond motifs is 1. The molecule has 0 fully saturated rings. The van der Waals surface area contributed by atoms with Gasteiger partial charge in [-0.05, 0) is 40.1 Å². The molecule has 0 radical (unpaired) electrons. The smallest absolute Gasteiger partial charge is 0.342 e. The fourth-order valence-corrected chi connectivity index (χ4v) is 3.43. The Bertz CT molecular complexity index is 717. The Hall–Kier alpha value is -1.48. The van der Waals surface area contributed by atoms with E-state index in [1.54, 1.807) is 22.1 Å². The second kappa shape index (κ2) is 9.28. The topological polar surface area (TPSA) is 61.8 Å². The largest absolute Gasteiger partial charge is 0.496 e. The zero-order chi connectivity index (χ0) is 18.4. The first-order valence-electron chi connectivity index (χ1n) is 7.62. The number of benzene rings is 1. The van der Waals surface area contributed by atoms with Gasteiger partial charge in [-0.1, -0.05) is 27.7 Å². The first-order valence-corrected chi connectivity index (χ1v) is 11.1. The highest BCUT2D eigenvalue weighted by Crippen LogP contribution is 2.42. The van der Waals surface area contributed by atoms with Gasteiger partial charge < -0.3 is 14.2 Å². The number of carbonyl (C=O) groups is 2. The van der Waals surface area contributed by atoms with Crippen LogP contribution in [0.5, 0.6) is 11.5 Å². The fraction of sp³-hybridized carbons (Fsp3) is 0.333. The molecule has 1 aliphatic rings. The summed E-state index contributed by atoms with van der Waals surface area (Å²) >= 11 is 2.20. The van der Waals surface area contributed by atoms with Crippen molar-refractivity contribution in [2.75, 3.05) is 19.5 Å². The number of cyclic esters (lactones) is 1. The van der Waals surface area contributed by atoms with Crippen LogP contribution in [0.2, 0.25) is 0 Å². The van der Waals surface area contributed by atoms with Crippen LogP contribution >= 0.6 is 30.1 Å². The second-order valence-electron chi connectivity index (χ2n) is 5.29. The van der Waals surface area contributed by atoms with Crippen molar-refractivity contribution in [2.24, 2.45) is 0 Å². The molecule has 5 nitrogen and oxygen atoms in total. The summed E-state index contributed by atoms with van der Waals surface area (Å²) in [6, 6.07) is 0. The number of esters is 1. The maximum absolute atomic E-state index is 12.2. The number of halogens is 1. The van der Waals surface area contributed by atoms with Crippen LogP contribution in [0, 0.1) is 6.92 Å². The molecule has 134 valence electrons. The van der Waals surface area contributed by atoms with Crippen molar-refractivity contribution in [3.63, 3.8) is 0 Å². The Balaban J connectivity index is 2.60. The molecule has 1 aromatic rings. The van der Waals surface area contributed by atoms with Crippen LogP contribution in [0.15, 0.2) is 24.3 Å². The van der Waals surface area contributed by atoms with E-state index in [2.05, 4.69) is 27.8 Å². The lowest BCUT2D eigenvalue weighted by molar-refractivity contribution is -0.104. The number of hydrogen-bond acceptors (Lipinski definition) is 6. The Kier molecular flexibility index (Phi) is 7.37. The SMILES string of the molecule is C=C/C(C=O)=C\Cc1c(OC)c(C)c2c(c1OCCSI)C(=O)OC2. The molecular weight excluding hydrogens is 455 g/mol. The van der Waals surface area contributed by atoms with Crippen LogP contribution in [-0.4, -0.2) is 31.7 Å². The van der Waals surface area contributed by atoms with E-state index >= 15 is 0 Å². The lowest BCUT2D eigenvalue weighted by atomic mass is 9.95. The van der Waals surface area contributed by atoms with Gasteiger partial charge >= 0.3 is 5.97 Å². The van der Waals surface area contributed by atoms with Gasteiger partial charge in [0.2, 0.25) is 0 Å². The highest BCUT2D eigenvalue weighted by Gasteiger charge is 2.33. The van der Waals surface area contributed by atoms with E-state index in [-0.39, 0.29) is 12.6 Å². The van der Waals surface area contributed by atoms with Crippen molar-refractivity contribution in [1.82, 2.24) is 0 Å². The molecule has 0 unspecified atom stereocenters. The summed E-state index contributed by atoms with van der Waals surface area (Å²) in [5.74, 6) is 1.53. The van der Waals surface area contributed by atoms with Gasteiger partial charge in [0.1, 0.15) is 30.0 Å². The number of rotatable bonds is 9. The lowest BCUT2D eigenvalue weighted by Crippen LogP contribution is -2.10. The molecule has 1 heterocycles. The van der Waals surface area contributed by atoms with Crippen molar-refractivity contribution >= 4 is 42.4 Å². The highest BCUT2D eigenvalue weighted by atomic mass is 127. The number of ether oxygens (including phenoxy) is 3. The number of aldehydes is 1. The van der Waals surface area contributed by atoms with Crippen LogP contribution in [0.4, 0.5) is 0 Å². The predicted molar refractivity (Wildman–Crippen MR) is 107 cm³/mol. The molecule has 0 amide bonds. The van der Waals surface area contributed by atoms with Crippen LogP contribution in [0.1, 0.15) is 27.0 Å². The van der Waals surface area contributed by atoms with Gasteiger partial charge in [0.05, 0.1) is 13.7 Å². The monoisotopic (exact) mass is 474 g/mol. The van der Waals surface area contributed by atoms with Gasteiger partial charge in [-0.15, -0.1) is 0 Å². The van der Waals surface area contributed by atoms with Gasteiger partial charge in [0.15, 0.2) is 0 Å². The van der Waals surface area contributed by atoms with Crippen LogP contribution in [-0.2, 0) is 22.6 Å². The molecule has 0 saturated carbocycles. The van der Waals surface area contributed by atoms with Crippen molar-refractivity contribution in [3.8, 4) is 11.5 Å². The Morgan fingerprint density at radius 3 is 2.80 bits per heavy atom. The maximum Gasteiger partial charge on any atom is 0.342 e. The summed E-state index contributed by atoms with van der Waals surface area (Å²) in [4.78, 5) is 23.3. The summed E-state index contributed by atoms with van der Waals surface area (Å²) in [6.07, 6.45) is 4.35. The standard InChI is InChI=1S/C18H19IO5S/c1-4-12(9-20)5-6-13-16(22-3)11(2)14-10-24-18(21)15(14)17(13)23-7-8-25-19/h4-5,9H,1,6-8,10H2,2-3H3/b12-5+. The van der Waals surface area contributed by atoms with Crippen molar-refractivity contribution in [3.05, 3.63) is 46.6 Å². The molecule has 1 aliphatic heterocycles. The molecular formula is C18H19IO5S. The molecule has 0 saturated heterocycles. The van der Waals surface area contributed by atoms with Gasteiger partial charge in [0.25, 0.3) is 0 Å². The molecule has 7 heteroatoms. The minimum atomic E-state index is -0.387. The molecule has 1 aromatic carbocycles. The Labute approximate surface area is 163 Å². The van der Waals surface area contributed by atoms with E-state index in [0.29, 0.717) is 35.7 Å². The van der Waals surface area contributed by atoms with E-state index in [1.807, 2.05) is 6.92 Å². The number of allylic oxidation sites excluding steroid dienone is 3. The second-order valence-corrected chi connectivity index (χ2v) is 7.78. The zero-order valence-electron chi connectivity index (χ0n) is 14.1.